The summed E-state index contributed by atoms with van der Waals surface area (Å²) in [6.07, 6.45) is 3.93. The molecule has 130 valence electrons. The van der Waals surface area contributed by atoms with E-state index in [4.69, 9.17) is 14.5 Å². The van der Waals surface area contributed by atoms with Crippen molar-refractivity contribution in [2.24, 2.45) is 0 Å². The Labute approximate surface area is 152 Å². The fourth-order valence-electron chi connectivity index (χ4n) is 3.19. The second-order valence-electron chi connectivity index (χ2n) is 6.22. The molecule has 0 radical (unpaired) electrons. The lowest BCUT2D eigenvalue weighted by molar-refractivity contribution is 0.0315. The number of para-hydroxylation sites is 2. The van der Waals surface area contributed by atoms with Crippen LogP contribution >= 0.6 is 11.8 Å². The molecule has 1 saturated heterocycles. The molecule has 2 aromatic carbocycles. The van der Waals surface area contributed by atoms with E-state index in [1.165, 1.54) is 12.8 Å². The van der Waals surface area contributed by atoms with Gasteiger partial charge in [-0.1, -0.05) is 23.9 Å². The van der Waals surface area contributed by atoms with E-state index in [9.17, 15) is 0 Å². The van der Waals surface area contributed by atoms with Crippen LogP contribution in [0.5, 0.6) is 5.75 Å². The Hall–Kier alpha value is -1.98. The van der Waals surface area contributed by atoms with Crippen molar-refractivity contribution >= 4 is 22.8 Å². The summed E-state index contributed by atoms with van der Waals surface area (Å²) in [6, 6.07) is 16.4. The zero-order chi connectivity index (χ0) is 17.1. The molecule has 0 amide bonds. The Morgan fingerprint density at radius 3 is 2.76 bits per heavy atom. The van der Waals surface area contributed by atoms with Gasteiger partial charge in [0.2, 0.25) is 0 Å². The molecule has 1 unspecified atom stereocenters. The maximum atomic E-state index is 5.88. The van der Waals surface area contributed by atoms with E-state index in [2.05, 4.69) is 34.9 Å². The van der Waals surface area contributed by atoms with Crippen LogP contribution in [-0.4, -0.2) is 35.1 Å². The summed E-state index contributed by atoms with van der Waals surface area (Å²) in [6.45, 7) is 0.889. The van der Waals surface area contributed by atoms with E-state index >= 15 is 0 Å². The lowest BCUT2D eigenvalue weighted by Crippen LogP contribution is -2.21. The van der Waals surface area contributed by atoms with Gasteiger partial charge >= 0.3 is 0 Å². The maximum Gasteiger partial charge on any atom is 0.173 e. The number of rotatable bonds is 5. The number of imidazole rings is 1. The van der Waals surface area contributed by atoms with E-state index in [0.29, 0.717) is 6.10 Å². The first-order valence-electron chi connectivity index (χ1n) is 8.71. The monoisotopic (exact) mass is 354 g/mol. The first kappa shape index (κ1) is 16.5. The zero-order valence-electron chi connectivity index (χ0n) is 14.4. The van der Waals surface area contributed by atoms with Gasteiger partial charge < -0.3 is 9.47 Å². The predicted molar refractivity (Wildman–Crippen MR) is 102 cm³/mol. The molecular weight excluding hydrogens is 332 g/mol. The molecule has 4 rings (SSSR count). The summed E-state index contributed by atoms with van der Waals surface area (Å²) in [7, 11) is 1.69. The molecule has 1 fully saturated rings. The molecule has 4 nitrogen and oxygen atoms in total. The van der Waals surface area contributed by atoms with Crippen molar-refractivity contribution in [2.45, 2.75) is 30.5 Å². The molecule has 0 N–H and O–H groups in total. The molecule has 1 aliphatic rings. The number of fused-ring (bicyclic) bond motifs is 1. The molecule has 0 spiro atoms. The molecule has 1 aromatic heterocycles. The average molecular weight is 354 g/mol. The summed E-state index contributed by atoms with van der Waals surface area (Å²) in [4.78, 5) is 4.86. The van der Waals surface area contributed by atoms with Gasteiger partial charge in [0.25, 0.3) is 0 Å². The third kappa shape index (κ3) is 3.53. The third-order valence-corrected chi connectivity index (χ3v) is 5.60. The van der Waals surface area contributed by atoms with Crippen LogP contribution in [0.1, 0.15) is 19.3 Å². The highest BCUT2D eigenvalue weighted by atomic mass is 32.2. The number of nitrogens with zero attached hydrogens (tertiary/aromatic N) is 2. The standard InChI is InChI=1S/C20H22N2O2S/c1-23-16-11-9-15(10-12-16)22-19-8-3-2-7-18(19)21-20(22)25-14-17-6-4-5-13-24-17/h2-3,7-12,17H,4-6,13-14H2,1H3. The second kappa shape index (κ2) is 7.50. The molecule has 0 bridgehead atoms. The van der Waals surface area contributed by atoms with Crippen LogP contribution in [-0.2, 0) is 4.74 Å². The minimum absolute atomic E-state index is 0.336. The Bertz CT molecular complexity index is 839. The average Bonchev–Trinajstić information content (AvgIpc) is 3.05. The Kier molecular flexibility index (Phi) is 4.95. The van der Waals surface area contributed by atoms with Gasteiger partial charge in [0, 0.05) is 18.0 Å². The van der Waals surface area contributed by atoms with Crippen molar-refractivity contribution in [1.82, 2.24) is 9.55 Å². The maximum absolute atomic E-state index is 5.88. The molecule has 25 heavy (non-hydrogen) atoms. The molecular formula is C20H22N2O2S. The van der Waals surface area contributed by atoms with E-state index in [1.54, 1.807) is 18.9 Å². The number of hydrogen-bond donors (Lipinski definition) is 0. The fraction of sp³-hybridized carbons (Fsp3) is 0.350. The van der Waals surface area contributed by atoms with Gasteiger partial charge in [-0.25, -0.2) is 4.98 Å². The number of thioether (sulfide) groups is 1. The van der Waals surface area contributed by atoms with E-state index in [-0.39, 0.29) is 0 Å². The number of benzene rings is 2. The van der Waals surface area contributed by atoms with Crippen LogP contribution in [0.15, 0.2) is 53.7 Å². The molecule has 2 heterocycles. The smallest absolute Gasteiger partial charge is 0.173 e. The summed E-state index contributed by atoms with van der Waals surface area (Å²) in [5, 5.41) is 1.01. The molecule has 5 heteroatoms. The third-order valence-electron chi connectivity index (χ3n) is 4.53. The van der Waals surface area contributed by atoms with Gasteiger partial charge in [-0.3, -0.25) is 4.57 Å². The lowest BCUT2D eigenvalue weighted by atomic mass is 10.1. The van der Waals surface area contributed by atoms with Crippen molar-refractivity contribution in [3.8, 4) is 11.4 Å². The van der Waals surface area contributed by atoms with Gasteiger partial charge in [-0.2, -0.15) is 0 Å². The van der Waals surface area contributed by atoms with E-state index in [1.807, 2.05) is 18.2 Å². The van der Waals surface area contributed by atoms with Crippen molar-refractivity contribution in [3.63, 3.8) is 0 Å². The molecule has 0 aliphatic carbocycles. The highest BCUT2D eigenvalue weighted by Gasteiger charge is 2.18. The SMILES string of the molecule is COc1ccc(-n2c(SCC3CCCCO3)nc3ccccc32)cc1. The largest absolute Gasteiger partial charge is 0.497 e. The Morgan fingerprint density at radius 1 is 1.16 bits per heavy atom. The first-order valence-corrected chi connectivity index (χ1v) is 9.70. The topological polar surface area (TPSA) is 36.3 Å². The fourth-order valence-corrected chi connectivity index (χ4v) is 4.28. The molecule has 0 saturated carbocycles. The predicted octanol–water partition coefficient (Wildman–Crippen LogP) is 4.70. The minimum Gasteiger partial charge on any atom is -0.497 e. The quantitative estimate of drug-likeness (QED) is 0.623. The number of aromatic nitrogens is 2. The number of ether oxygens (including phenoxy) is 2. The number of hydrogen-bond acceptors (Lipinski definition) is 4. The normalized spacial score (nSPS) is 17.7. The number of methoxy groups -OCH3 is 1. The molecule has 1 atom stereocenters. The molecule has 3 aromatic rings. The van der Waals surface area contributed by atoms with Crippen LogP contribution in [0.2, 0.25) is 0 Å². The Morgan fingerprint density at radius 2 is 2.00 bits per heavy atom. The van der Waals surface area contributed by atoms with Crippen LogP contribution in [0.25, 0.3) is 16.7 Å². The lowest BCUT2D eigenvalue weighted by Gasteiger charge is -2.22. The first-order chi connectivity index (χ1) is 12.3. The summed E-state index contributed by atoms with van der Waals surface area (Å²) in [5.41, 5.74) is 3.24. The van der Waals surface area contributed by atoms with Gasteiger partial charge in [-0.15, -0.1) is 0 Å². The molecule has 1 aliphatic heterocycles. The van der Waals surface area contributed by atoms with E-state index in [0.717, 1.165) is 46.4 Å². The van der Waals surface area contributed by atoms with Crippen LogP contribution in [0.3, 0.4) is 0 Å². The second-order valence-corrected chi connectivity index (χ2v) is 7.20. The highest BCUT2D eigenvalue weighted by Crippen LogP contribution is 2.30. The summed E-state index contributed by atoms with van der Waals surface area (Å²) < 4.78 is 13.4. The van der Waals surface area contributed by atoms with E-state index < -0.39 is 0 Å². The summed E-state index contributed by atoms with van der Waals surface area (Å²) >= 11 is 1.78. The highest BCUT2D eigenvalue weighted by molar-refractivity contribution is 7.99. The van der Waals surface area contributed by atoms with Gasteiger partial charge in [0.15, 0.2) is 5.16 Å². The van der Waals surface area contributed by atoms with Crippen LogP contribution in [0, 0.1) is 0 Å². The van der Waals surface area contributed by atoms with Crippen LogP contribution < -0.4 is 4.74 Å². The van der Waals surface area contributed by atoms with Crippen LogP contribution in [0.4, 0.5) is 0 Å². The zero-order valence-corrected chi connectivity index (χ0v) is 15.2. The van der Waals surface area contributed by atoms with Gasteiger partial charge in [-0.05, 0) is 55.7 Å². The van der Waals surface area contributed by atoms with Gasteiger partial charge in [0.1, 0.15) is 5.75 Å². The summed E-state index contributed by atoms with van der Waals surface area (Å²) in [5.74, 6) is 1.80. The van der Waals surface area contributed by atoms with Crippen molar-refractivity contribution < 1.29 is 9.47 Å². The van der Waals surface area contributed by atoms with Crippen molar-refractivity contribution in [1.29, 1.82) is 0 Å². The minimum atomic E-state index is 0.336. The Balaban J connectivity index is 1.67. The van der Waals surface area contributed by atoms with Crippen molar-refractivity contribution in [2.75, 3.05) is 19.5 Å². The van der Waals surface area contributed by atoms with Crippen molar-refractivity contribution in [3.05, 3.63) is 48.5 Å². The van der Waals surface area contributed by atoms with Gasteiger partial charge in [0.05, 0.1) is 24.2 Å².